The Hall–Kier alpha value is -1.82. The number of halogens is 1. The van der Waals surface area contributed by atoms with Crippen molar-refractivity contribution in [3.63, 3.8) is 0 Å². The average Bonchev–Trinajstić information content (AvgIpc) is 2.58. The van der Waals surface area contributed by atoms with Crippen molar-refractivity contribution in [2.75, 3.05) is 33.4 Å². The summed E-state index contributed by atoms with van der Waals surface area (Å²) in [7, 11) is 1.72. The van der Waals surface area contributed by atoms with Crippen molar-refractivity contribution in [3.8, 4) is 5.75 Å². The van der Waals surface area contributed by atoms with Gasteiger partial charge in [-0.3, -0.25) is 4.99 Å². The third-order valence-electron chi connectivity index (χ3n) is 3.35. The number of hydrogen-bond acceptors (Lipinski definition) is 3. The molecule has 5 nitrogen and oxygen atoms in total. The number of hydrogen-bond donors (Lipinski definition) is 2. The number of unbranched alkanes of at least 4 members (excludes halogenated alkanes) is 1. The summed E-state index contributed by atoms with van der Waals surface area (Å²) < 4.78 is 24.6. The van der Waals surface area contributed by atoms with Crippen LogP contribution >= 0.6 is 0 Å². The minimum atomic E-state index is -0.352. The fraction of sp³-hybridized carbons (Fsp3) is 0.611. The van der Waals surface area contributed by atoms with Gasteiger partial charge in [0.05, 0.1) is 6.54 Å². The molecule has 136 valence electrons. The molecule has 0 saturated heterocycles. The molecule has 0 amide bonds. The van der Waals surface area contributed by atoms with Gasteiger partial charge in [-0.05, 0) is 31.9 Å². The molecule has 1 rings (SSSR count). The van der Waals surface area contributed by atoms with E-state index in [9.17, 15) is 4.39 Å². The van der Waals surface area contributed by atoms with Gasteiger partial charge < -0.3 is 20.1 Å². The highest BCUT2D eigenvalue weighted by atomic mass is 19.1. The summed E-state index contributed by atoms with van der Waals surface area (Å²) in [5.74, 6) is 0.612. The lowest BCUT2D eigenvalue weighted by Gasteiger charge is -2.18. The second kappa shape index (κ2) is 12.6. The van der Waals surface area contributed by atoms with Crippen molar-refractivity contribution >= 4 is 5.96 Å². The molecule has 1 atom stereocenters. The third kappa shape index (κ3) is 8.72. The Morgan fingerprint density at radius 2 is 1.96 bits per heavy atom. The van der Waals surface area contributed by atoms with Crippen LogP contribution in [0.1, 0.15) is 33.1 Å². The fourth-order valence-corrected chi connectivity index (χ4v) is 1.99. The van der Waals surface area contributed by atoms with E-state index in [2.05, 4.69) is 22.5 Å². The smallest absolute Gasteiger partial charge is 0.191 e. The number of ether oxygens (including phenoxy) is 2. The van der Waals surface area contributed by atoms with Crippen molar-refractivity contribution in [2.45, 2.75) is 39.2 Å². The van der Waals surface area contributed by atoms with Gasteiger partial charge in [-0.2, -0.15) is 0 Å². The first-order valence-corrected chi connectivity index (χ1v) is 8.60. The number of nitrogens with zero attached hydrogens (tertiary/aromatic N) is 1. The zero-order valence-corrected chi connectivity index (χ0v) is 15.0. The van der Waals surface area contributed by atoms with E-state index in [-0.39, 0.29) is 17.7 Å². The predicted molar refractivity (Wildman–Crippen MR) is 96.2 cm³/mol. The van der Waals surface area contributed by atoms with Crippen LogP contribution in [0.25, 0.3) is 0 Å². The first kappa shape index (κ1) is 20.2. The SMILES string of the molecule is CCCCOCCCNC(=NC)NCC(C)Oc1ccccc1F. The van der Waals surface area contributed by atoms with E-state index in [4.69, 9.17) is 9.47 Å². The number of nitrogens with one attached hydrogen (secondary N) is 2. The van der Waals surface area contributed by atoms with Crippen molar-refractivity contribution in [3.05, 3.63) is 30.1 Å². The van der Waals surface area contributed by atoms with Crippen LogP contribution in [0.15, 0.2) is 29.3 Å². The van der Waals surface area contributed by atoms with E-state index in [1.54, 1.807) is 25.2 Å². The van der Waals surface area contributed by atoms with Crippen LogP contribution in [-0.2, 0) is 4.74 Å². The summed E-state index contributed by atoms with van der Waals surface area (Å²) in [4.78, 5) is 4.16. The molecule has 0 radical (unpaired) electrons. The second-order valence-corrected chi connectivity index (χ2v) is 5.56. The molecular weight excluding hydrogens is 309 g/mol. The first-order chi connectivity index (χ1) is 11.7. The van der Waals surface area contributed by atoms with Crippen LogP contribution in [0.5, 0.6) is 5.75 Å². The van der Waals surface area contributed by atoms with Crippen molar-refractivity contribution in [1.29, 1.82) is 0 Å². The Morgan fingerprint density at radius 3 is 2.67 bits per heavy atom. The normalized spacial score (nSPS) is 12.8. The van der Waals surface area contributed by atoms with E-state index in [1.165, 1.54) is 6.07 Å². The van der Waals surface area contributed by atoms with Gasteiger partial charge in [-0.25, -0.2) is 4.39 Å². The van der Waals surface area contributed by atoms with Crippen LogP contribution in [-0.4, -0.2) is 45.4 Å². The maximum absolute atomic E-state index is 13.5. The van der Waals surface area contributed by atoms with E-state index < -0.39 is 0 Å². The van der Waals surface area contributed by atoms with Crippen molar-refractivity contribution in [2.24, 2.45) is 4.99 Å². The molecule has 1 aromatic carbocycles. The van der Waals surface area contributed by atoms with Gasteiger partial charge in [0, 0.05) is 26.8 Å². The molecule has 0 fully saturated rings. The largest absolute Gasteiger partial charge is 0.486 e. The standard InChI is InChI=1S/C18H30FN3O2/c1-4-5-12-23-13-8-11-21-18(20-3)22-14-15(2)24-17-10-7-6-9-16(17)19/h6-7,9-10,15H,4-5,8,11-14H2,1-3H3,(H2,20,21,22). The topological polar surface area (TPSA) is 54.9 Å². The van der Waals surface area contributed by atoms with Gasteiger partial charge in [0.2, 0.25) is 0 Å². The predicted octanol–water partition coefficient (Wildman–Crippen LogP) is 2.96. The molecule has 0 aliphatic carbocycles. The molecule has 2 N–H and O–H groups in total. The molecule has 0 spiro atoms. The monoisotopic (exact) mass is 339 g/mol. The van der Waals surface area contributed by atoms with Gasteiger partial charge >= 0.3 is 0 Å². The van der Waals surface area contributed by atoms with E-state index in [0.717, 1.165) is 39.0 Å². The van der Waals surface area contributed by atoms with E-state index >= 15 is 0 Å². The summed E-state index contributed by atoms with van der Waals surface area (Å²) in [6.45, 7) is 6.92. The quantitative estimate of drug-likeness (QED) is 0.370. The molecule has 6 heteroatoms. The zero-order chi connectivity index (χ0) is 17.6. The number of aliphatic imine (C=N–C) groups is 1. The molecule has 0 heterocycles. The number of benzene rings is 1. The molecule has 0 bridgehead atoms. The minimum Gasteiger partial charge on any atom is -0.486 e. The third-order valence-corrected chi connectivity index (χ3v) is 3.35. The van der Waals surface area contributed by atoms with Gasteiger partial charge in [0.15, 0.2) is 17.5 Å². The van der Waals surface area contributed by atoms with Crippen molar-refractivity contribution < 1.29 is 13.9 Å². The summed E-state index contributed by atoms with van der Waals surface area (Å²) in [5, 5.41) is 6.39. The summed E-state index contributed by atoms with van der Waals surface area (Å²) in [6.07, 6.45) is 3.00. The van der Waals surface area contributed by atoms with Crippen LogP contribution < -0.4 is 15.4 Å². The molecule has 1 aromatic rings. The average molecular weight is 339 g/mol. The van der Waals surface area contributed by atoms with Crippen molar-refractivity contribution in [1.82, 2.24) is 10.6 Å². The van der Waals surface area contributed by atoms with E-state index in [1.807, 2.05) is 6.92 Å². The Bertz CT molecular complexity index is 483. The summed E-state index contributed by atoms with van der Waals surface area (Å²) in [5.41, 5.74) is 0. The second-order valence-electron chi connectivity index (χ2n) is 5.56. The Labute approximate surface area is 144 Å². The summed E-state index contributed by atoms with van der Waals surface area (Å²) >= 11 is 0. The molecule has 24 heavy (non-hydrogen) atoms. The Balaban J connectivity index is 2.18. The van der Waals surface area contributed by atoms with Crippen LogP contribution in [0.3, 0.4) is 0 Å². The minimum absolute atomic E-state index is 0.183. The Morgan fingerprint density at radius 1 is 1.21 bits per heavy atom. The maximum Gasteiger partial charge on any atom is 0.191 e. The lowest BCUT2D eigenvalue weighted by Crippen LogP contribution is -2.42. The number of guanidine groups is 1. The molecule has 0 saturated carbocycles. The summed E-state index contributed by atoms with van der Waals surface area (Å²) in [6, 6.07) is 6.40. The lowest BCUT2D eigenvalue weighted by molar-refractivity contribution is 0.129. The fourth-order valence-electron chi connectivity index (χ4n) is 1.99. The molecular formula is C18H30FN3O2. The lowest BCUT2D eigenvalue weighted by atomic mass is 10.3. The van der Waals surface area contributed by atoms with Crippen LogP contribution in [0.2, 0.25) is 0 Å². The van der Waals surface area contributed by atoms with Crippen LogP contribution in [0.4, 0.5) is 4.39 Å². The molecule has 1 unspecified atom stereocenters. The first-order valence-electron chi connectivity index (χ1n) is 8.60. The van der Waals surface area contributed by atoms with Gasteiger partial charge in [-0.15, -0.1) is 0 Å². The number of rotatable bonds is 11. The number of para-hydroxylation sites is 1. The molecule has 0 aromatic heterocycles. The van der Waals surface area contributed by atoms with E-state index in [0.29, 0.717) is 12.5 Å². The van der Waals surface area contributed by atoms with Gasteiger partial charge in [-0.1, -0.05) is 25.5 Å². The molecule has 0 aliphatic heterocycles. The highest BCUT2D eigenvalue weighted by molar-refractivity contribution is 5.79. The Kier molecular flexibility index (Phi) is 10.6. The zero-order valence-electron chi connectivity index (χ0n) is 15.0. The van der Waals surface area contributed by atoms with Gasteiger partial charge in [0.1, 0.15) is 6.10 Å². The molecule has 0 aliphatic rings. The highest BCUT2D eigenvalue weighted by Gasteiger charge is 2.08. The van der Waals surface area contributed by atoms with Crippen LogP contribution in [0, 0.1) is 5.82 Å². The van der Waals surface area contributed by atoms with Gasteiger partial charge in [0.25, 0.3) is 0 Å². The maximum atomic E-state index is 13.5. The highest BCUT2D eigenvalue weighted by Crippen LogP contribution is 2.16.